The summed E-state index contributed by atoms with van der Waals surface area (Å²) in [6.45, 7) is 1.96. The maximum absolute atomic E-state index is 14.4. The molecule has 8 rings (SSSR count). The van der Waals surface area contributed by atoms with Crippen molar-refractivity contribution in [3.8, 4) is 34.4 Å². The number of nitrogens with one attached hydrogen (secondary N) is 1. The molecule has 1 aromatic heterocycles. The van der Waals surface area contributed by atoms with Crippen molar-refractivity contribution in [3.63, 3.8) is 0 Å². The summed E-state index contributed by atoms with van der Waals surface area (Å²) in [4.78, 5) is 30.9. The number of rotatable bonds is 12. The van der Waals surface area contributed by atoms with Crippen LogP contribution in [-0.2, 0) is 45.6 Å². The molecule has 1 unspecified atom stereocenters. The van der Waals surface area contributed by atoms with Crippen molar-refractivity contribution >= 4 is 38.4 Å². The molecule has 0 spiro atoms. The van der Waals surface area contributed by atoms with Crippen LogP contribution in [0, 0.1) is 18.3 Å². The zero-order chi connectivity index (χ0) is 42.0. The number of fused-ring (bicyclic) bond motifs is 2. The lowest BCUT2D eigenvalue weighted by molar-refractivity contribution is -0.142. The Bertz CT molecular complexity index is 2700. The topological polar surface area (TPSA) is 194 Å². The van der Waals surface area contributed by atoms with E-state index in [0.717, 1.165) is 37.9 Å². The highest BCUT2D eigenvalue weighted by Crippen LogP contribution is 2.42. The van der Waals surface area contributed by atoms with E-state index in [1.54, 1.807) is 36.4 Å². The van der Waals surface area contributed by atoms with Crippen molar-refractivity contribution in [1.29, 1.82) is 5.26 Å². The summed E-state index contributed by atoms with van der Waals surface area (Å²) in [5, 5.41) is 22.1. The fourth-order valence-electron chi connectivity index (χ4n) is 7.31. The molecule has 0 radical (unpaired) electrons. The van der Waals surface area contributed by atoms with Crippen LogP contribution in [0.2, 0.25) is 0 Å². The van der Waals surface area contributed by atoms with Crippen LogP contribution in [0.15, 0.2) is 119 Å². The lowest BCUT2D eigenvalue weighted by Gasteiger charge is -2.36. The number of aryl methyl sites for hydroxylation is 1. The highest BCUT2D eigenvalue weighted by molar-refractivity contribution is 7.91. The minimum absolute atomic E-state index is 0.0570. The summed E-state index contributed by atoms with van der Waals surface area (Å²) < 4.78 is 48.3. The highest BCUT2D eigenvalue weighted by Gasteiger charge is 2.43. The van der Waals surface area contributed by atoms with E-state index in [1.807, 2.05) is 78.9 Å². The molecule has 0 saturated carbocycles. The molecule has 15 heteroatoms. The molecule has 13 nitrogen and oxygen atoms in total. The smallest absolute Gasteiger partial charge is 0.326 e. The molecular weight excluding hydrogens is 803 g/mol. The number of nitrogens with two attached hydrogens (primary N) is 1. The summed E-state index contributed by atoms with van der Waals surface area (Å²) >= 11 is 0.799. The quantitative estimate of drug-likeness (QED) is 0.120. The summed E-state index contributed by atoms with van der Waals surface area (Å²) in [5.74, 6) is -0.478. The second-order valence-corrected chi connectivity index (χ2v) is 17.6. The van der Waals surface area contributed by atoms with E-state index in [-0.39, 0.29) is 41.0 Å². The van der Waals surface area contributed by atoms with Gasteiger partial charge < -0.3 is 30.4 Å². The molecule has 2 aliphatic heterocycles. The third kappa shape index (κ3) is 8.53. The van der Waals surface area contributed by atoms with Crippen molar-refractivity contribution < 1.29 is 37.3 Å². The van der Waals surface area contributed by atoms with E-state index in [9.17, 15) is 23.1 Å². The molecule has 4 N–H and O–H groups in total. The van der Waals surface area contributed by atoms with Gasteiger partial charge in [0.05, 0.1) is 17.3 Å². The number of aromatic nitrogens is 1. The van der Waals surface area contributed by atoms with E-state index < -0.39 is 40.1 Å². The van der Waals surface area contributed by atoms with Crippen molar-refractivity contribution in [3.05, 3.63) is 154 Å². The summed E-state index contributed by atoms with van der Waals surface area (Å²) in [6.07, 6.45) is -0.578. The van der Waals surface area contributed by atoms with Crippen molar-refractivity contribution in [2.45, 2.75) is 55.3 Å². The first-order valence-corrected chi connectivity index (χ1v) is 21.3. The summed E-state index contributed by atoms with van der Waals surface area (Å²) in [7, 11) is -4.36. The monoisotopic (exact) mass is 841 g/mol. The number of nitriles is 1. The molecule has 6 aromatic rings. The largest absolute Gasteiger partial charge is 0.489 e. The van der Waals surface area contributed by atoms with Crippen LogP contribution in [-0.4, -0.2) is 53.4 Å². The van der Waals surface area contributed by atoms with E-state index >= 15 is 0 Å². The minimum atomic E-state index is -4.36. The lowest BCUT2D eigenvalue weighted by atomic mass is 9.94. The molecule has 0 fully saturated rings. The Morgan fingerprint density at radius 3 is 2.30 bits per heavy atom. The first kappa shape index (κ1) is 40.1. The van der Waals surface area contributed by atoms with Gasteiger partial charge in [0.1, 0.15) is 31.0 Å². The first-order chi connectivity index (χ1) is 28.9. The molecule has 1 amide bonds. The van der Waals surface area contributed by atoms with Crippen molar-refractivity contribution in [2.75, 3.05) is 12.3 Å². The number of ether oxygens (including phenoxy) is 3. The average Bonchev–Trinajstić information content (AvgIpc) is 3.62. The van der Waals surface area contributed by atoms with Crippen LogP contribution in [0.1, 0.15) is 45.2 Å². The highest BCUT2D eigenvalue weighted by atomic mass is 32.2. The first-order valence-electron chi connectivity index (χ1n) is 19.0. The number of hydrogen-bond donors (Lipinski definition) is 3. The fourth-order valence-corrected chi connectivity index (χ4v) is 10.3. The number of nitrogen functional groups attached to an aromatic ring is 1. The third-order valence-electron chi connectivity index (χ3n) is 10.5. The van der Waals surface area contributed by atoms with Crippen LogP contribution in [0.25, 0.3) is 11.1 Å². The Balaban J connectivity index is 1.02. The van der Waals surface area contributed by atoms with Crippen LogP contribution in [0.5, 0.6) is 17.2 Å². The molecule has 0 aliphatic carbocycles. The van der Waals surface area contributed by atoms with E-state index in [0.29, 0.717) is 46.1 Å². The number of carbonyl (C=O) groups is 2. The number of carbonyl (C=O) groups excluding carboxylic acids is 1. The predicted octanol–water partition coefficient (Wildman–Crippen LogP) is 6.59. The SMILES string of the molecule is Cc1nc(N)sc1S(=O)(=O)N1Cc2cc3c(cc2CC1C(=O)N[C@@H](Cc1ccc(-c2ccc(C#N)cc2)cc1)C(=O)O)OC[C@H](c1ccc(OCc2ccccc2)cc1)O3. The zero-order valence-corrected chi connectivity index (χ0v) is 33.9. The molecular formula is C45H39N5O8S2. The van der Waals surface area contributed by atoms with Gasteiger partial charge >= 0.3 is 5.97 Å². The maximum Gasteiger partial charge on any atom is 0.326 e. The molecule has 60 heavy (non-hydrogen) atoms. The summed E-state index contributed by atoms with van der Waals surface area (Å²) in [6, 6.07) is 34.6. The molecule has 3 heterocycles. The number of benzene rings is 5. The second kappa shape index (κ2) is 16.9. The average molecular weight is 842 g/mol. The Kier molecular flexibility index (Phi) is 11.3. The van der Waals surface area contributed by atoms with Gasteiger partial charge in [-0.3, -0.25) is 4.79 Å². The number of nitrogens with zero attached hydrogens (tertiary/aromatic N) is 3. The van der Waals surface area contributed by atoms with Crippen LogP contribution < -0.4 is 25.3 Å². The molecule has 3 atom stereocenters. The second-order valence-electron chi connectivity index (χ2n) is 14.5. The van der Waals surface area contributed by atoms with Crippen LogP contribution in [0.4, 0.5) is 5.13 Å². The van der Waals surface area contributed by atoms with Crippen molar-refractivity contribution in [1.82, 2.24) is 14.6 Å². The Morgan fingerprint density at radius 2 is 1.65 bits per heavy atom. The Labute approximate surface area is 350 Å². The molecule has 304 valence electrons. The maximum atomic E-state index is 14.4. The van der Waals surface area contributed by atoms with Gasteiger partial charge in [0, 0.05) is 13.0 Å². The molecule has 2 aliphatic rings. The fraction of sp³-hybridized carbons (Fsp3) is 0.200. The van der Waals surface area contributed by atoms with Crippen molar-refractivity contribution in [2.24, 2.45) is 0 Å². The van der Waals surface area contributed by atoms with Gasteiger partial charge in [-0.25, -0.2) is 18.2 Å². The number of aliphatic carboxylic acids is 1. The summed E-state index contributed by atoms with van der Waals surface area (Å²) in [5.41, 5.74) is 12.2. The predicted molar refractivity (Wildman–Crippen MR) is 224 cm³/mol. The minimum Gasteiger partial charge on any atom is -0.489 e. The number of sulfonamides is 1. The number of anilines is 1. The lowest BCUT2D eigenvalue weighted by Crippen LogP contribution is -2.55. The zero-order valence-electron chi connectivity index (χ0n) is 32.3. The number of hydrogen-bond acceptors (Lipinski definition) is 11. The number of carboxylic acid groups (broad SMARTS) is 1. The van der Waals surface area contributed by atoms with Gasteiger partial charge in [0.2, 0.25) is 5.91 Å². The number of carboxylic acids is 1. The Morgan fingerprint density at radius 1 is 0.967 bits per heavy atom. The van der Waals surface area contributed by atoms with Gasteiger partial charge in [0.15, 0.2) is 26.9 Å². The molecule has 0 bridgehead atoms. The molecule has 0 saturated heterocycles. The van der Waals surface area contributed by atoms with Gasteiger partial charge in [-0.15, -0.1) is 0 Å². The Hall–Kier alpha value is -6.73. The molecule has 5 aromatic carbocycles. The van der Waals surface area contributed by atoms with Gasteiger partial charge in [-0.05, 0) is 88.7 Å². The number of amides is 1. The standard InChI is InChI=1S/C45H39N5O8S2/c1-27-44(59-45(47)48-27)60(54,55)50-24-35-22-40-39(57-26-41(58-40)33-15-17-36(18-16-33)56-25-30-5-3-2-4-6-30)21-34(35)20-38(50)42(51)49-37(43(52)53)19-28-7-11-31(12-8-28)32-13-9-29(23-46)10-14-32/h2-18,21-22,37-38,41H,19-20,24-26H2,1H3,(H2,47,48)(H,49,51)(H,52,53)/t37-,38?,41+/m0/s1. The van der Waals surface area contributed by atoms with E-state index in [4.69, 9.17) is 25.2 Å². The van der Waals surface area contributed by atoms with E-state index in [2.05, 4.69) is 16.4 Å². The number of thiazole rings is 1. The van der Waals surface area contributed by atoms with E-state index in [1.165, 1.54) is 6.92 Å². The normalized spacial score (nSPS) is 16.5. The van der Waals surface area contributed by atoms with Crippen LogP contribution in [0.3, 0.4) is 0 Å². The van der Waals surface area contributed by atoms with Crippen LogP contribution >= 0.6 is 11.3 Å². The van der Waals surface area contributed by atoms with Gasteiger partial charge in [-0.1, -0.05) is 90.2 Å². The third-order valence-corrected chi connectivity index (χ3v) is 13.9. The van der Waals surface area contributed by atoms with Gasteiger partial charge in [-0.2, -0.15) is 9.57 Å². The van der Waals surface area contributed by atoms with Gasteiger partial charge in [0.25, 0.3) is 10.0 Å².